The highest BCUT2D eigenvalue weighted by atomic mass is 16.5. The van der Waals surface area contributed by atoms with Gasteiger partial charge in [0, 0.05) is 25.9 Å². The van der Waals surface area contributed by atoms with Crippen LogP contribution in [0.3, 0.4) is 0 Å². The molecule has 2 rings (SSSR count). The summed E-state index contributed by atoms with van der Waals surface area (Å²) in [5, 5.41) is 0. The van der Waals surface area contributed by atoms with Gasteiger partial charge in [-0.05, 0) is 25.8 Å². The number of carbonyl (C=O) groups excluding carboxylic acids is 1. The van der Waals surface area contributed by atoms with E-state index < -0.39 is 0 Å². The smallest absolute Gasteiger partial charge is 0.273 e. The third kappa shape index (κ3) is 3.88. The van der Waals surface area contributed by atoms with E-state index in [0.29, 0.717) is 26.2 Å². The third-order valence-corrected chi connectivity index (χ3v) is 3.32. The molecule has 110 valence electrons. The van der Waals surface area contributed by atoms with Gasteiger partial charge in [0.2, 0.25) is 0 Å². The Morgan fingerprint density at radius 3 is 2.85 bits per heavy atom. The molecule has 1 aromatic heterocycles. The number of likely N-dealkylation sites (tertiary alicyclic amines) is 1. The largest absolute Gasteiger partial charge is 0.378 e. The van der Waals surface area contributed by atoms with Crippen LogP contribution in [0.25, 0.3) is 0 Å². The van der Waals surface area contributed by atoms with Crippen molar-refractivity contribution in [1.29, 1.82) is 0 Å². The summed E-state index contributed by atoms with van der Waals surface area (Å²) in [6.07, 6.45) is 5.18. The summed E-state index contributed by atoms with van der Waals surface area (Å²) in [4.78, 5) is 31.1. The van der Waals surface area contributed by atoms with Crippen molar-refractivity contribution >= 4 is 5.91 Å². The molecule has 7 nitrogen and oxygen atoms in total. The number of nitrogens with one attached hydrogen (secondary N) is 1. The molecular formula is C13H20N4O3. The summed E-state index contributed by atoms with van der Waals surface area (Å²) in [6, 6.07) is 0. The highest BCUT2D eigenvalue weighted by molar-refractivity contribution is 5.92. The fourth-order valence-electron chi connectivity index (χ4n) is 2.18. The second-order valence-corrected chi connectivity index (χ2v) is 4.80. The van der Waals surface area contributed by atoms with Crippen LogP contribution in [0.5, 0.6) is 0 Å². The van der Waals surface area contributed by atoms with Crippen LogP contribution in [0.2, 0.25) is 0 Å². The maximum absolute atomic E-state index is 12.2. The number of rotatable bonds is 5. The molecule has 0 saturated carbocycles. The molecule has 1 aromatic rings. The summed E-state index contributed by atoms with van der Waals surface area (Å²) >= 11 is 0. The number of ether oxygens (including phenoxy) is 1. The molecule has 0 radical (unpaired) electrons. The van der Waals surface area contributed by atoms with Crippen LogP contribution in [-0.4, -0.2) is 53.1 Å². The number of carbonyl (C=O) groups is 1. The molecule has 1 saturated heterocycles. The number of hydrogen-bond acceptors (Lipinski definition) is 5. The van der Waals surface area contributed by atoms with Crippen LogP contribution < -0.4 is 11.3 Å². The first-order chi connectivity index (χ1) is 9.70. The zero-order chi connectivity index (χ0) is 14.4. The van der Waals surface area contributed by atoms with E-state index in [4.69, 9.17) is 10.5 Å². The van der Waals surface area contributed by atoms with Gasteiger partial charge in [0.15, 0.2) is 0 Å². The molecule has 0 aromatic carbocycles. The van der Waals surface area contributed by atoms with E-state index in [0.717, 1.165) is 25.5 Å². The van der Waals surface area contributed by atoms with Crippen LogP contribution in [-0.2, 0) is 4.74 Å². The summed E-state index contributed by atoms with van der Waals surface area (Å²) < 4.78 is 5.69. The Bertz CT molecular complexity index is 474. The number of amides is 1. The van der Waals surface area contributed by atoms with Gasteiger partial charge in [-0.25, -0.2) is 4.98 Å². The monoisotopic (exact) mass is 280 g/mol. The maximum atomic E-state index is 12.2. The molecule has 7 heteroatoms. The number of nitrogens with two attached hydrogens (primary N) is 1. The van der Waals surface area contributed by atoms with Crippen LogP contribution >= 0.6 is 0 Å². The molecule has 3 N–H and O–H groups in total. The fourth-order valence-corrected chi connectivity index (χ4v) is 2.18. The Balaban J connectivity index is 1.82. The molecule has 2 heterocycles. The molecule has 1 fully saturated rings. The highest BCUT2D eigenvalue weighted by Gasteiger charge is 2.24. The lowest BCUT2D eigenvalue weighted by molar-refractivity contribution is 0.00828. The van der Waals surface area contributed by atoms with E-state index in [2.05, 4.69) is 9.97 Å². The van der Waals surface area contributed by atoms with Gasteiger partial charge in [-0.3, -0.25) is 9.59 Å². The predicted octanol–water partition coefficient (Wildman–Crippen LogP) is -0.260. The maximum Gasteiger partial charge on any atom is 0.273 e. The van der Waals surface area contributed by atoms with Gasteiger partial charge >= 0.3 is 0 Å². The Hall–Kier alpha value is -1.73. The second-order valence-electron chi connectivity index (χ2n) is 4.80. The molecular weight excluding hydrogens is 260 g/mol. The quantitative estimate of drug-likeness (QED) is 0.724. The van der Waals surface area contributed by atoms with E-state index in [1.165, 1.54) is 6.20 Å². The van der Waals surface area contributed by atoms with E-state index in [-0.39, 0.29) is 23.3 Å². The Morgan fingerprint density at radius 1 is 1.50 bits per heavy atom. The number of H-pyrrole nitrogens is 1. The summed E-state index contributed by atoms with van der Waals surface area (Å²) in [6.45, 7) is 2.60. The van der Waals surface area contributed by atoms with Gasteiger partial charge in [-0.2, -0.15) is 0 Å². The normalized spacial score (nSPS) is 16.4. The second kappa shape index (κ2) is 7.16. The molecule has 1 aliphatic rings. The van der Waals surface area contributed by atoms with Crippen molar-refractivity contribution in [3.05, 3.63) is 28.4 Å². The van der Waals surface area contributed by atoms with Gasteiger partial charge in [-0.1, -0.05) is 0 Å². The molecule has 0 spiro atoms. The highest BCUT2D eigenvalue weighted by Crippen LogP contribution is 2.15. The molecule has 0 aliphatic carbocycles. The zero-order valence-corrected chi connectivity index (χ0v) is 11.4. The van der Waals surface area contributed by atoms with Crippen molar-refractivity contribution in [2.24, 2.45) is 5.73 Å². The van der Waals surface area contributed by atoms with Gasteiger partial charge in [-0.15, -0.1) is 0 Å². The van der Waals surface area contributed by atoms with Gasteiger partial charge in [0.25, 0.3) is 11.5 Å². The predicted molar refractivity (Wildman–Crippen MR) is 73.4 cm³/mol. The standard InChI is InChI=1S/C13H20N4O3/c14-4-1-7-20-10-2-5-17(6-3-10)13(19)11-8-16-12(18)9-15-11/h8-10H,1-7,14H2,(H,16,18). The van der Waals surface area contributed by atoms with Crippen LogP contribution in [0.1, 0.15) is 29.8 Å². The summed E-state index contributed by atoms with van der Waals surface area (Å²) in [7, 11) is 0. The van der Waals surface area contributed by atoms with Crippen molar-refractivity contribution < 1.29 is 9.53 Å². The molecule has 1 aliphatic heterocycles. The van der Waals surface area contributed by atoms with E-state index >= 15 is 0 Å². The lowest BCUT2D eigenvalue weighted by Gasteiger charge is -2.31. The first kappa shape index (κ1) is 14.7. The number of hydrogen-bond donors (Lipinski definition) is 2. The first-order valence-electron chi connectivity index (χ1n) is 6.86. The van der Waals surface area contributed by atoms with Gasteiger partial charge in [0.1, 0.15) is 5.69 Å². The van der Waals surface area contributed by atoms with Crippen LogP contribution in [0.4, 0.5) is 0 Å². The number of piperidine rings is 1. The van der Waals surface area contributed by atoms with Crippen molar-refractivity contribution in [2.75, 3.05) is 26.2 Å². The third-order valence-electron chi connectivity index (χ3n) is 3.32. The molecule has 0 unspecified atom stereocenters. The SMILES string of the molecule is NCCCOC1CCN(C(=O)c2c[nH]c(=O)cn2)CC1. The van der Waals surface area contributed by atoms with Gasteiger partial charge in [0.05, 0.1) is 12.3 Å². The van der Waals surface area contributed by atoms with Crippen molar-refractivity contribution in [3.8, 4) is 0 Å². The minimum Gasteiger partial charge on any atom is -0.378 e. The molecule has 1 amide bonds. The molecule has 0 bridgehead atoms. The van der Waals surface area contributed by atoms with Crippen molar-refractivity contribution in [2.45, 2.75) is 25.4 Å². The van der Waals surface area contributed by atoms with Crippen LogP contribution in [0.15, 0.2) is 17.2 Å². The zero-order valence-electron chi connectivity index (χ0n) is 11.4. The lowest BCUT2D eigenvalue weighted by atomic mass is 10.1. The first-order valence-corrected chi connectivity index (χ1v) is 6.86. The Kier molecular flexibility index (Phi) is 5.25. The Morgan fingerprint density at radius 2 is 2.25 bits per heavy atom. The number of aromatic nitrogens is 2. The van der Waals surface area contributed by atoms with Gasteiger partial charge < -0.3 is 20.4 Å². The minimum atomic E-state index is -0.312. The minimum absolute atomic E-state index is 0.151. The topological polar surface area (TPSA) is 101 Å². The van der Waals surface area contributed by atoms with E-state index in [1.807, 2.05) is 0 Å². The molecule has 20 heavy (non-hydrogen) atoms. The fraction of sp³-hybridized carbons (Fsp3) is 0.615. The summed E-state index contributed by atoms with van der Waals surface area (Å²) in [5.74, 6) is -0.151. The lowest BCUT2D eigenvalue weighted by Crippen LogP contribution is -2.41. The van der Waals surface area contributed by atoms with Crippen molar-refractivity contribution in [1.82, 2.24) is 14.9 Å². The number of nitrogens with zero attached hydrogens (tertiary/aromatic N) is 2. The van der Waals surface area contributed by atoms with E-state index in [9.17, 15) is 9.59 Å². The Labute approximate surface area is 117 Å². The van der Waals surface area contributed by atoms with Crippen molar-refractivity contribution in [3.63, 3.8) is 0 Å². The van der Waals surface area contributed by atoms with E-state index in [1.54, 1.807) is 4.90 Å². The average Bonchev–Trinajstić information content (AvgIpc) is 2.48. The molecule has 0 atom stereocenters. The van der Waals surface area contributed by atoms with Crippen LogP contribution in [0, 0.1) is 0 Å². The number of aromatic amines is 1. The average molecular weight is 280 g/mol. The summed E-state index contributed by atoms with van der Waals surface area (Å²) in [5.41, 5.74) is 5.37.